The van der Waals surface area contributed by atoms with Crippen LogP contribution in [0.15, 0.2) is 42.1 Å². The molecular weight excluding hydrogens is 416 g/mol. The van der Waals surface area contributed by atoms with Crippen molar-refractivity contribution in [2.45, 2.75) is 36.9 Å². The van der Waals surface area contributed by atoms with E-state index in [-0.39, 0.29) is 11.3 Å². The average Bonchev–Trinajstić information content (AvgIpc) is 3.46. The summed E-state index contributed by atoms with van der Waals surface area (Å²) in [5.41, 5.74) is 1.87. The van der Waals surface area contributed by atoms with Gasteiger partial charge in [0.2, 0.25) is 11.0 Å². The van der Waals surface area contributed by atoms with Gasteiger partial charge in [0.15, 0.2) is 0 Å². The molecule has 3 aromatic rings. The van der Waals surface area contributed by atoms with Crippen molar-refractivity contribution in [1.82, 2.24) is 23.8 Å². The lowest BCUT2D eigenvalue weighted by Crippen LogP contribution is -2.49. The molecule has 0 bridgehead atoms. The Labute approximate surface area is 181 Å². The molecule has 3 heterocycles. The van der Waals surface area contributed by atoms with Gasteiger partial charge < -0.3 is 14.2 Å². The fourth-order valence-electron chi connectivity index (χ4n) is 4.38. The molecule has 1 saturated carbocycles. The molecule has 10 heteroatoms. The monoisotopic (exact) mass is 442 g/mol. The van der Waals surface area contributed by atoms with E-state index in [0.29, 0.717) is 32.1 Å². The number of piperazine rings is 1. The molecule has 31 heavy (non-hydrogen) atoms. The normalized spacial score (nSPS) is 18.7. The summed E-state index contributed by atoms with van der Waals surface area (Å²) in [7, 11) is -1.90. The molecule has 0 spiro atoms. The highest BCUT2D eigenvalue weighted by Gasteiger charge is 2.31. The predicted molar refractivity (Wildman–Crippen MR) is 117 cm³/mol. The molecule has 9 nitrogen and oxygen atoms in total. The molecule has 2 fully saturated rings. The zero-order valence-electron chi connectivity index (χ0n) is 17.5. The molecule has 2 aliphatic rings. The van der Waals surface area contributed by atoms with Crippen LogP contribution in [0.1, 0.15) is 25.7 Å². The lowest BCUT2D eigenvalue weighted by atomic mass is 10.2. The summed E-state index contributed by atoms with van der Waals surface area (Å²) in [5.74, 6) is 0.634. The van der Waals surface area contributed by atoms with Gasteiger partial charge in [0, 0.05) is 51.3 Å². The molecule has 1 aromatic carbocycles. The Morgan fingerprint density at radius 1 is 1.03 bits per heavy atom. The van der Waals surface area contributed by atoms with Crippen molar-refractivity contribution in [1.29, 1.82) is 0 Å². The van der Waals surface area contributed by atoms with Gasteiger partial charge in [-0.1, -0.05) is 0 Å². The minimum atomic E-state index is -3.59. The number of imidazole rings is 1. The van der Waals surface area contributed by atoms with Crippen LogP contribution in [0.2, 0.25) is 0 Å². The number of aromatic nitrogens is 4. The Balaban J connectivity index is 1.34. The van der Waals surface area contributed by atoms with Crippen LogP contribution in [0.5, 0.6) is 5.88 Å². The highest BCUT2D eigenvalue weighted by Crippen LogP contribution is 2.31. The predicted octanol–water partition coefficient (Wildman–Crippen LogP) is 2.20. The summed E-state index contributed by atoms with van der Waals surface area (Å²) >= 11 is 0. The number of sulfonamides is 1. The molecular formula is C21H26N6O3S. The van der Waals surface area contributed by atoms with Gasteiger partial charge >= 0.3 is 0 Å². The molecule has 1 aliphatic carbocycles. The number of hydrogen-bond donors (Lipinski definition) is 0. The molecule has 0 N–H and O–H groups in total. The second-order valence-electron chi connectivity index (χ2n) is 8.12. The Bertz CT molecular complexity index is 1180. The highest BCUT2D eigenvalue weighted by atomic mass is 32.2. The average molecular weight is 443 g/mol. The maximum Gasteiger partial charge on any atom is 0.277 e. The van der Waals surface area contributed by atoms with Gasteiger partial charge in [0.05, 0.1) is 10.9 Å². The van der Waals surface area contributed by atoms with Crippen LogP contribution in [0.4, 0.5) is 5.69 Å². The van der Waals surface area contributed by atoms with Crippen molar-refractivity contribution in [2.24, 2.45) is 7.05 Å². The molecule has 164 valence electrons. The van der Waals surface area contributed by atoms with E-state index in [1.54, 1.807) is 19.6 Å². The lowest BCUT2D eigenvalue weighted by Gasteiger charge is -2.35. The molecule has 0 unspecified atom stereocenters. The quantitative estimate of drug-likeness (QED) is 0.598. The third kappa shape index (κ3) is 3.85. The van der Waals surface area contributed by atoms with E-state index in [9.17, 15) is 8.42 Å². The number of fused-ring (bicyclic) bond motifs is 1. The van der Waals surface area contributed by atoms with Gasteiger partial charge in [0.25, 0.3) is 10.0 Å². The topological polar surface area (TPSA) is 93.5 Å². The second-order valence-corrected chi connectivity index (χ2v) is 9.95. The van der Waals surface area contributed by atoms with E-state index in [1.165, 1.54) is 27.9 Å². The number of aryl methyl sites for hydroxylation is 1. The summed E-state index contributed by atoms with van der Waals surface area (Å²) in [4.78, 5) is 15.0. The van der Waals surface area contributed by atoms with E-state index in [0.717, 1.165) is 29.4 Å². The van der Waals surface area contributed by atoms with E-state index < -0.39 is 10.0 Å². The van der Waals surface area contributed by atoms with Gasteiger partial charge in [0.1, 0.15) is 12.4 Å². The number of hydrogen-bond acceptors (Lipinski definition) is 7. The zero-order valence-corrected chi connectivity index (χ0v) is 18.3. The number of benzene rings is 1. The van der Waals surface area contributed by atoms with E-state index >= 15 is 0 Å². The van der Waals surface area contributed by atoms with Crippen LogP contribution >= 0.6 is 0 Å². The Kier molecular flexibility index (Phi) is 5.27. The van der Waals surface area contributed by atoms with E-state index in [2.05, 4.69) is 25.9 Å². The summed E-state index contributed by atoms with van der Waals surface area (Å²) in [6.45, 7) is 2.01. The van der Waals surface area contributed by atoms with Gasteiger partial charge in [-0.05, 0) is 43.9 Å². The number of rotatable bonds is 5. The molecule has 5 rings (SSSR count). The lowest BCUT2D eigenvalue weighted by molar-refractivity contribution is 0.204. The first kappa shape index (κ1) is 20.2. The fourth-order valence-corrected chi connectivity index (χ4v) is 5.87. The third-order valence-corrected chi connectivity index (χ3v) is 8.01. The smallest absolute Gasteiger partial charge is 0.277 e. The minimum absolute atomic E-state index is 0.0810. The SMILES string of the molecule is Cn1ccnc1S(=O)(=O)N1CCN(c2ccc3ncnc(OC4CCCC4)c3c2)CC1. The fraction of sp³-hybridized carbons (Fsp3) is 0.476. The van der Waals surface area contributed by atoms with Crippen molar-refractivity contribution in [2.75, 3.05) is 31.1 Å². The van der Waals surface area contributed by atoms with Crippen LogP contribution in [0, 0.1) is 0 Å². The molecule has 0 amide bonds. The second kappa shape index (κ2) is 8.08. The maximum atomic E-state index is 12.9. The first-order valence-electron chi connectivity index (χ1n) is 10.7. The molecule has 2 aromatic heterocycles. The number of anilines is 1. The van der Waals surface area contributed by atoms with Gasteiger partial charge in [-0.25, -0.2) is 23.4 Å². The molecule has 0 radical (unpaired) electrons. The van der Waals surface area contributed by atoms with Crippen LogP contribution in [-0.2, 0) is 17.1 Å². The third-order valence-electron chi connectivity index (χ3n) is 6.11. The summed E-state index contributed by atoms with van der Waals surface area (Å²) in [6.07, 6.45) is 9.45. The minimum Gasteiger partial charge on any atom is -0.474 e. The number of ether oxygens (including phenoxy) is 1. The first-order valence-corrected chi connectivity index (χ1v) is 12.1. The Morgan fingerprint density at radius 3 is 2.52 bits per heavy atom. The maximum absolute atomic E-state index is 12.9. The van der Waals surface area contributed by atoms with Crippen LogP contribution in [0.25, 0.3) is 10.9 Å². The van der Waals surface area contributed by atoms with Crippen LogP contribution < -0.4 is 9.64 Å². The summed E-state index contributed by atoms with van der Waals surface area (Å²) in [6, 6.07) is 6.06. The van der Waals surface area contributed by atoms with Gasteiger partial charge in [-0.2, -0.15) is 4.31 Å². The molecule has 1 aliphatic heterocycles. The number of nitrogens with zero attached hydrogens (tertiary/aromatic N) is 6. The van der Waals surface area contributed by atoms with Crippen LogP contribution in [-0.4, -0.2) is 64.5 Å². The highest BCUT2D eigenvalue weighted by molar-refractivity contribution is 7.89. The standard InChI is InChI=1S/C21H26N6O3S/c1-25-9-8-22-21(25)31(28,29)27-12-10-26(11-13-27)16-6-7-19-18(14-16)20(24-15-23-19)30-17-4-2-3-5-17/h6-9,14-15,17H,2-5,10-13H2,1H3. The van der Waals surface area contributed by atoms with E-state index in [4.69, 9.17) is 4.74 Å². The van der Waals surface area contributed by atoms with Crippen molar-refractivity contribution in [3.05, 3.63) is 36.9 Å². The zero-order chi connectivity index (χ0) is 21.4. The largest absolute Gasteiger partial charge is 0.474 e. The van der Waals surface area contributed by atoms with Crippen molar-refractivity contribution < 1.29 is 13.2 Å². The Hall–Kier alpha value is -2.72. The molecule has 0 atom stereocenters. The van der Waals surface area contributed by atoms with Gasteiger partial charge in [-0.15, -0.1) is 0 Å². The Morgan fingerprint density at radius 2 is 1.81 bits per heavy atom. The molecule has 1 saturated heterocycles. The first-order chi connectivity index (χ1) is 15.0. The summed E-state index contributed by atoms with van der Waals surface area (Å²) in [5, 5.41) is 0.979. The van der Waals surface area contributed by atoms with Crippen molar-refractivity contribution >= 4 is 26.6 Å². The van der Waals surface area contributed by atoms with E-state index in [1.807, 2.05) is 12.1 Å². The van der Waals surface area contributed by atoms with Crippen molar-refractivity contribution in [3.63, 3.8) is 0 Å². The van der Waals surface area contributed by atoms with Gasteiger partial charge in [-0.3, -0.25) is 0 Å². The van der Waals surface area contributed by atoms with Crippen LogP contribution in [0.3, 0.4) is 0 Å². The van der Waals surface area contributed by atoms with Crippen molar-refractivity contribution in [3.8, 4) is 5.88 Å². The summed E-state index contributed by atoms with van der Waals surface area (Å²) < 4.78 is 35.0.